The van der Waals surface area contributed by atoms with Crippen LogP contribution in [0.1, 0.15) is 51.8 Å². The smallest absolute Gasteiger partial charge is 0.208 e. The van der Waals surface area contributed by atoms with Crippen LogP contribution >= 0.6 is 0 Å². The molecule has 1 aliphatic carbocycles. The van der Waals surface area contributed by atoms with Crippen LogP contribution in [-0.4, -0.2) is 9.55 Å². The van der Waals surface area contributed by atoms with Gasteiger partial charge in [-0.05, 0) is 93.7 Å². The quantitative estimate of drug-likeness (QED) is 0.306. The molecule has 3 aromatic carbocycles. The van der Waals surface area contributed by atoms with E-state index in [1.807, 2.05) is 0 Å². The Morgan fingerprint density at radius 1 is 0.853 bits per heavy atom. The van der Waals surface area contributed by atoms with Gasteiger partial charge in [0.2, 0.25) is 5.95 Å². The maximum atomic E-state index is 5.15. The van der Waals surface area contributed by atoms with Crippen molar-refractivity contribution in [3.05, 3.63) is 81.4 Å². The number of hydrogen-bond acceptors (Lipinski definition) is 3. The van der Waals surface area contributed by atoms with Crippen LogP contribution in [0.2, 0.25) is 0 Å². The fourth-order valence-corrected chi connectivity index (χ4v) is 5.15. The zero-order valence-corrected chi connectivity index (χ0v) is 21.3. The van der Waals surface area contributed by atoms with Crippen LogP contribution in [0.4, 0.5) is 17.3 Å². The number of aryl methyl sites for hydroxylation is 6. The molecule has 4 nitrogen and oxygen atoms in total. The molecule has 0 bridgehead atoms. The second-order valence-electron chi connectivity index (χ2n) is 10.3. The van der Waals surface area contributed by atoms with E-state index in [0.717, 1.165) is 41.7 Å². The topological polar surface area (TPSA) is 41.9 Å². The summed E-state index contributed by atoms with van der Waals surface area (Å²) in [5, 5.41) is 7.38. The van der Waals surface area contributed by atoms with Gasteiger partial charge < -0.3 is 15.2 Å². The third kappa shape index (κ3) is 4.42. The second-order valence-corrected chi connectivity index (χ2v) is 10.3. The van der Waals surface area contributed by atoms with Gasteiger partial charge in [-0.1, -0.05) is 47.5 Å². The number of hydrogen-bond donors (Lipinski definition) is 2. The maximum Gasteiger partial charge on any atom is 0.208 e. The van der Waals surface area contributed by atoms with Crippen LogP contribution in [0.5, 0.6) is 0 Å². The van der Waals surface area contributed by atoms with E-state index in [1.54, 1.807) is 0 Å². The molecule has 1 saturated carbocycles. The second kappa shape index (κ2) is 8.83. The van der Waals surface area contributed by atoms with E-state index in [4.69, 9.17) is 4.98 Å². The predicted octanol–water partition coefficient (Wildman–Crippen LogP) is 7.42. The molecule has 1 aromatic heterocycles. The highest BCUT2D eigenvalue weighted by atomic mass is 15.2. The monoisotopic (exact) mass is 452 g/mol. The van der Waals surface area contributed by atoms with Gasteiger partial charge in [0.05, 0.1) is 16.7 Å². The highest BCUT2D eigenvalue weighted by Crippen LogP contribution is 2.37. The van der Waals surface area contributed by atoms with Crippen LogP contribution in [0.3, 0.4) is 0 Å². The fourth-order valence-electron chi connectivity index (χ4n) is 5.15. The Bertz CT molecular complexity index is 1350. The largest absolute Gasteiger partial charge is 0.379 e. The Kier molecular flexibility index (Phi) is 5.85. The summed E-state index contributed by atoms with van der Waals surface area (Å²) < 4.78 is 2.22. The normalized spacial score (nSPS) is 13.5. The van der Waals surface area contributed by atoms with E-state index in [9.17, 15) is 0 Å². The van der Waals surface area contributed by atoms with E-state index >= 15 is 0 Å². The molecular weight excluding hydrogens is 416 g/mol. The molecule has 0 radical (unpaired) electrons. The number of aromatic nitrogens is 2. The molecular formula is C30H36N4. The number of rotatable bonds is 7. The average molecular weight is 453 g/mol. The number of imidazole rings is 1. The Hall–Kier alpha value is -3.27. The number of anilines is 3. The lowest BCUT2D eigenvalue weighted by atomic mass is 10.0. The van der Waals surface area contributed by atoms with Gasteiger partial charge >= 0.3 is 0 Å². The Labute approximate surface area is 203 Å². The molecule has 0 unspecified atom stereocenters. The molecule has 4 heteroatoms. The van der Waals surface area contributed by atoms with Gasteiger partial charge in [0.1, 0.15) is 0 Å². The van der Waals surface area contributed by atoms with Crippen molar-refractivity contribution < 1.29 is 0 Å². The predicted molar refractivity (Wildman–Crippen MR) is 144 cm³/mol. The fraction of sp³-hybridized carbons (Fsp3) is 0.367. The lowest BCUT2D eigenvalue weighted by Gasteiger charge is -2.15. The summed E-state index contributed by atoms with van der Waals surface area (Å²) in [6.07, 6.45) is 3.80. The third-order valence-corrected chi connectivity index (χ3v) is 7.19. The van der Waals surface area contributed by atoms with Crippen molar-refractivity contribution in [1.29, 1.82) is 0 Å². The van der Waals surface area contributed by atoms with Gasteiger partial charge in [-0.3, -0.25) is 0 Å². The van der Waals surface area contributed by atoms with Gasteiger partial charge in [-0.2, -0.15) is 0 Å². The molecule has 1 heterocycles. The van der Waals surface area contributed by atoms with Crippen molar-refractivity contribution in [3.8, 4) is 0 Å². The van der Waals surface area contributed by atoms with Crippen LogP contribution < -0.4 is 10.6 Å². The summed E-state index contributed by atoms with van der Waals surface area (Å²) >= 11 is 0. The minimum atomic E-state index is 0.799. The van der Waals surface area contributed by atoms with E-state index in [1.165, 1.54) is 57.3 Å². The SMILES string of the molecule is Cc1ccc(CNc2ccc(CC3CC3)c3nc(Nc4c(C)cc(C)cc4C)n(C)c23)c(C)c1. The summed E-state index contributed by atoms with van der Waals surface area (Å²) in [6, 6.07) is 15.7. The maximum absolute atomic E-state index is 5.15. The van der Waals surface area contributed by atoms with E-state index in [0.29, 0.717) is 0 Å². The lowest BCUT2D eigenvalue weighted by molar-refractivity contribution is 0.837. The molecule has 176 valence electrons. The van der Waals surface area contributed by atoms with Gasteiger partial charge in [0.25, 0.3) is 0 Å². The van der Waals surface area contributed by atoms with Crippen LogP contribution in [0, 0.1) is 40.5 Å². The highest BCUT2D eigenvalue weighted by Gasteiger charge is 2.24. The molecule has 0 atom stereocenters. The summed E-state index contributed by atoms with van der Waals surface area (Å²) in [5.74, 6) is 1.71. The molecule has 0 amide bonds. The summed E-state index contributed by atoms with van der Waals surface area (Å²) in [4.78, 5) is 5.15. The molecule has 1 fully saturated rings. The van der Waals surface area contributed by atoms with E-state index < -0.39 is 0 Å². The van der Waals surface area contributed by atoms with E-state index in [2.05, 4.69) is 99.3 Å². The van der Waals surface area contributed by atoms with Crippen LogP contribution in [0.25, 0.3) is 11.0 Å². The van der Waals surface area contributed by atoms with Gasteiger partial charge in [-0.25, -0.2) is 4.98 Å². The van der Waals surface area contributed by atoms with Crippen molar-refractivity contribution >= 4 is 28.4 Å². The minimum Gasteiger partial charge on any atom is -0.379 e. The lowest BCUT2D eigenvalue weighted by Crippen LogP contribution is -2.05. The molecule has 0 aliphatic heterocycles. The molecule has 4 aromatic rings. The Morgan fingerprint density at radius 3 is 2.21 bits per heavy atom. The van der Waals surface area contributed by atoms with Crippen molar-refractivity contribution in [2.24, 2.45) is 13.0 Å². The zero-order chi connectivity index (χ0) is 24.0. The Morgan fingerprint density at radius 2 is 1.53 bits per heavy atom. The first-order valence-electron chi connectivity index (χ1n) is 12.4. The summed E-state index contributed by atoms with van der Waals surface area (Å²) in [6.45, 7) is 11.6. The molecule has 1 aliphatic rings. The summed E-state index contributed by atoms with van der Waals surface area (Å²) in [7, 11) is 2.12. The molecule has 5 rings (SSSR count). The van der Waals surface area contributed by atoms with Crippen molar-refractivity contribution in [1.82, 2.24) is 9.55 Å². The molecule has 0 spiro atoms. The molecule has 2 N–H and O–H groups in total. The van der Waals surface area contributed by atoms with Gasteiger partial charge in [-0.15, -0.1) is 0 Å². The minimum absolute atomic E-state index is 0.799. The van der Waals surface area contributed by atoms with Crippen LogP contribution in [-0.2, 0) is 20.0 Å². The van der Waals surface area contributed by atoms with Crippen molar-refractivity contribution in [3.63, 3.8) is 0 Å². The number of nitrogens with zero attached hydrogens (tertiary/aromatic N) is 2. The highest BCUT2D eigenvalue weighted by molar-refractivity contribution is 5.93. The van der Waals surface area contributed by atoms with Gasteiger partial charge in [0, 0.05) is 19.3 Å². The van der Waals surface area contributed by atoms with Gasteiger partial charge in [0.15, 0.2) is 0 Å². The summed E-state index contributed by atoms with van der Waals surface area (Å²) in [5.41, 5.74) is 13.7. The number of fused-ring (bicyclic) bond motifs is 1. The van der Waals surface area contributed by atoms with Crippen molar-refractivity contribution in [2.45, 2.75) is 60.4 Å². The standard InChI is InChI=1S/C30H36N4/c1-18-7-10-25(20(3)13-18)17-31-26-12-11-24(16-23-8-9-23)28-29(26)34(6)30(33-28)32-27-21(4)14-19(2)15-22(27)5/h7,10-15,23,31H,8-9,16-17H2,1-6H3,(H,32,33). The van der Waals surface area contributed by atoms with E-state index in [-0.39, 0.29) is 0 Å². The zero-order valence-electron chi connectivity index (χ0n) is 21.3. The molecule has 0 saturated heterocycles. The average Bonchev–Trinajstić information content (AvgIpc) is 3.53. The number of benzene rings is 3. The first-order chi connectivity index (χ1) is 16.3. The Balaban J connectivity index is 1.54. The van der Waals surface area contributed by atoms with Crippen molar-refractivity contribution in [2.75, 3.05) is 10.6 Å². The molecule has 34 heavy (non-hydrogen) atoms. The first kappa shape index (κ1) is 22.5. The third-order valence-electron chi connectivity index (χ3n) is 7.19. The number of nitrogens with one attached hydrogen (secondary N) is 2. The first-order valence-corrected chi connectivity index (χ1v) is 12.4. The van der Waals surface area contributed by atoms with Crippen LogP contribution in [0.15, 0.2) is 42.5 Å².